The molecule has 1 N–H and O–H groups in total. The maximum absolute atomic E-state index is 15.9. The topological polar surface area (TPSA) is 25.2 Å². The molecule has 0 aliphatic heterocycles. The Morgan fingerprint density at radius 3 is 1.29 bits per heavy atom. The number of nitrogens with zero attached hydrogens (tertiary/aromatic N) is 1. The van der Waals surface area contributed by atoms with E-state index in [0.717, 1.165) is 41.5 Å². The fraction of sp³-hybridized carbons (Fsp3) is 0.500. The number of phenols is 1. The van der Waals surface area contributed by atoms with Crippen LogP contribution >= 0.6 is 0 Å². The Kier molecular flexibility index (Phi) is 9.71. The number of benzene rings is 4. The summed E-state index contributed by atoms with van der Waals surface area (Å²) in [5, 5.41) is 13.5. The summed E-state index contributed by atoms with van der Waals surface area (Å²) < 4.78 is 18.1. The van der Waals surface area contributed by atoms with Gasteiger partial charge in [0.1, 0.15) is 11.6 Å². The van der Waals surface area contributed by atoms with Crippen LogP contribution in [0, 0.1) is 22.1 Å². The van der Waals surface area contributed by atoms with E-state index in [-0.39, 0.29) is 44.1 Å². The highest BCUT2D eigenvalue weighted by molar-refractivity contribution is 6.10. The summed E-state index contributed by atoms with van der Waals surface area (Å²) in [7, 11) is 0. The zero-order valence-corrected chi connectivity index (χ0v) is 34.3. The summed E-state index contributed by atoms with van der Waals surface area (Å²) in [6.07, 6.45) is 3.08. The molecule has 1 aromatic heterocycles. The van der Waals surface area contributed by atoms with Crippen LogP contribution in [-0.4, -0.2) is 9.67 Å². The van der Waals surface area contributed by atoms with Crippen molar-refractivity contribution >= 4 is 21.8 Å². The Balaban J connectivity index is 1.76. The van der Waals surface area contributed by atoms with Crippen LogP contribution < -0.4 is 0 Å². The van der Waals surface area contributed by atoms with E-state index in [1.54, 1.807) is 18.2 Å². The molecular formula is C48H64FNO. The molecule has 5 rings (SSSR count). The third kappa shape index (κ3) is 8.56. The Morgan fingerprint density at radius 2 is 0.882 bits per heavy atom. The van der Waals surface area contributed by atoms with E-state index in [1.165, 1.54) is 21.9 Å². The van der Waals surface area contributed by atoms with Crippen LogP contribution in [0.4, 0.5) is 4.39 Å². The molecule has 51 heavy (non-hydrogen) atoms. The van der Waals surface area contributed by atoms with E-state index in [2.05, 4.69) is 151 Å². The van der Waals surface area contributed by atoms with Crippen molar-refractivity contribution in [3.8, 4) is 22.6 Å². The second-order valence-electron chi connectivity index (χ2n) is 21.1. The molecule has 274 valence electrons. The number of hydrogen-bond acceptors (Lipinski definition) is 1. The molecule has 4 aromatic carbocycles. The first kappa shape index (κ1) is 38.6. The van der Waals surface area contributed by atoms with E-state index in [1.807, 2.05) is 12.1 Å². The van der Waals surface area contributed by atoms with Crippen molar-refractivity contribution in [2.24, 2.45) is 16.2 Å². The van der Waals surface area contributed by atoms with Gasteiger partial charge in [-0.3, -0.25) is 0 Å². The lowest BCUT2D eigenvalue weighted by Crippen LogP contribution is -2.24. The Bertz CT molecular complexity index is 1980. The van der Waals surface area contributed by atoms with E-state index < -0.39 is 0 Å². The molecule has 2 nitrogen and oxygen atoms in total. The van der Waals surface area contributed by atoms with Gasteiger partial charge in [0.05, 0.1) is 11.0 Å². The summed E-state index contributed by atoms with van der Waals surface area (Å²) in [5.41, 5.74) is 8.21. The Hall–Kier alpha value is -3.59. The van der Waals surface area contributed by atoms with Crippen molar-refractivity contribution in [2.45, 2.75) is 139 Å². The van der Waals surface area contributed by atoms with Crippen molar-refractivity contribution in [1.82, 2.24) is 4.57 Å². The molecule has 1 heterocycles. The third-order valence-electron chi connectivity index (χ3n) is 10.5. The molecule has 0 saturated carbocycles. The molecule has 0 bridgehead atoms. The summed E-state index contributed by atoms with van der Waals surface area (Å²) in [4.78, 5) is 0. The summed E-state index contributed by atoms with van der Waals surface area (Å²) in [6.45, 7) is 34.5. The van der Waals surface area contributed by atoms with Gasteiger partial charge in [0.15, 0.2) is 0 Å². The van der Waals surface area contributed by atoms with E-state index in [9.17, 15) is 5.11 Å². The van der Waals surface area contributed by atoms with Crippen LogP contribution in [0.15, 0.2) is 72.8 Å². The Morgan fingerprint density at radius 1 is 0.490 bits per heavy atom. The van der Waals surface area contributed by atoms with Crippen molar-refractivity contribution in [3.63, 3.8) is 0 Å². The maximum Gasteiger partial charge on any atom is 0.125 e. The molecule has 0 atom stereocenters. The lowest BCUT2D eigenvalue weighted by Gasteiger charge is -2.33. The average molecular weight is 690 g/mol. The number of rotatable bonds is 8. The maximum atomic E-state index is 15.9. The van der Waals surface area contributed by atoms with E-state index in [4.69, 9.17) is 0 Å². The second kappa shape index (κ2) is 12.8. The van der Waals surface area contributed by atoms with Gasteiger partial charge in [-0.25, -0.2) is 4.39 Å². The molecule has 3 heteroatoms. The van der Waals surface area contributed by atoms with Crippen molar-refractivity contribution in [2.75, 3.05) is 0 Å². The Labute approximate surface area is 308 Å². The lowest BCUT2D eigenvalue weighted by atomic mass is 9.71. The normalized spacial score (nSPS) is 13.8. The fourth-order valence-electron chi connectivity index (χ4n) is 9.47. The van der Waals surface area contributed by atoms with Crippen LogP contribution in [0.5, 0.6) is 5.75 Å². The van der Waals surface area contributed by atoms with Gasteiger partial charge in [-0.15, -0.1) is 0 Å². The molecule has 0 amide bonds. The van der Waals surface area contributed by atoms with E-state index >= 15 is 4.39 Å². The van der Waals surface area contributed by atoms with Gasteiger partial charge >= 0.3 is 0 Å². The fourth-order valence-corrected chi connectivity index (χ4v) is 9.47. The number of phenolic OH excluding ortho intramolecular Hbond substituents is 1. The number of aromatic hydroxyl groups is 1. The minimum Gasteiger partial charge on any atom is -0.507 e. The molecule has 0 saturated heterocycles. The predicted molar refractivity (Wildman–Crippen MR) is 219 cm³/mol. The quantitative estimate of drug-likeness (QED) is 0.172. The molecule has 0 radical (unpaired) electrons. The molecule has 0 unspecified atom stereocenters. The standard InChI is InChI=1S/C48H64FNO/c1-43(2,3)28-46(10,11)32-16-19-40-38(25-32)39-26-33(47(12,13)29-44(4,5)6)17-20-41(39)50(40)36-23-31(22-35(49)27-36)37-24-34(18-21-42(37)51)48(14,15)30-45(7,8)9/h16-27,51H,28-30H2,1-15H3. The number of hydrogen-bond donors (Lipinski definition) is 1. The highest BCUT2D eigenvalue weighted by atomic mass is 19.1. The number of aromatic nitrogens is 1. The summed E-state index contributed by atoms with van der Waals surface area (Å²) in [6, 6.07) is 24.8. The van der Waals surface area contributed by atoms with Crippen LogP contribution in [0.3, 0.4) is 0 Å². The van der Waals surface area contributed by atoms with Crippen molar-refractivity contribution < 1.29 is 9.50 Å². The second-order valence-corrected chi connectivity index (χ2v) is 21.1. The third-order valence-corrected chi connectivity index (χ3v) is 10.5. The first-order valence-electron chi connectivity index (χ1n) is 18.9. The SMILES string of the molecule is CC(C)(C)CC(C)(C)c1ccc(O)c(-c2cc(F)cc(-n3c4ccc(C(C)(C)CC(C)(C)C)cc4c4cc(C(C)(C)CC(C)(C)C)ccc43)c2)c1. The minimum atomic E-state index is -0.331. The summed E-state index contributed by atoms with van der Waals surface area (Å²) in [5.74, 6) is -0.178. The average Bonchev–Trinajstić information content (AvgIpc) is 3.26. The van der Waals surface area contributed by atoms with Gasteiger partial charge < -0.3 is 9.67 Å². The largest absolute Gasteiger partial charge is 0.507 e. The van der Waals surface area contributed by atoms with Gasteiger partial charge in [0.25, 0.3) is 0 Å². The number of halogens is 1. The first-order valence-corrected chi connectivity index (χ1v) is 18.9. The zero-order valence-electron chi connectivity index (χ0n) is 34.3. The van der Waals surface area contributed by atoms with Gasteiger partial charge in [-0.05, 0) is 129 Å². The van der Waals surface area contributed by atoms with Crippen molar-refractivity contribution in [3.05, 3.63) is 95.3 Å². The highest BCUT2D eigenvalue weighted by Gasteiger charge is 2.31. The monoisotopic (exact) mass is 689 g/mol. The van der Waals surface area contributed by atoms with Gasteiger partial charge in [-0.1, -0.05) is 122 Å². The smallest absolute Gasteiger partial charge is 0.125 e. The molecule has 0 aliphatic carbocycles. The van der Waals surface area contributed by atoms with Gasteiger partial charge in [0, 0.05) is 22.0 Å². The van der Waals surface area contributed by atoms with Crippen LogP contribution in [-0.2, 0) is 16.2 Å². The van der Waals surface area contributed by atoms with Gasteiger partial charge in [0.2, 0.25) is 0 Å². The number of fused-ring (bicyclic) bond motifs is 3. The zero-order chi connectivity index (χ0) is 38.1. The minimum absolute atomic E-state index is 0.0285. The predicted octanol–water partition coefficient (Wildman–Crippen LogP) is 14.4. The molecule has 0 spiro atoms. The van der Waals surface area contributed by atoms with E-state index in [0.29, 0.717) is 11.1 Å². The van der Waals surface area contributed by atoms with Crippen LogP contribution in [0.2, 0.25) is 0 Å². The molecule has 0 fully saturated rings. The molecule has 0 aliphatic rings. The lowest BCUT2D eigenvalue weighted by molar-refractivity contribution is 0.283. The molecule has 5 aromatic rings. The van der Waals surface area contributed by atoms with Gasteiger partial charge in [-0.2, -0.15) is 0 Å². The van der Waals surface area contributed by atoms with Crippen molar-refractivity contribution in [1.29, 1.82) is 0 Å². The first-order chi connectivity index (χ1) is 23.2. The highest BCUT2D eigenvalue weighted by Crippen LogP contribution is 2.44. The molecular weight excluding hydrogens is 626 g/mol. The summed E-state index contributed by atoms with van der Waals surface area (Å²) >= 11 is 0. The van der Waals surface area contributed by atoms with Crippen LogP contribution in [0.25, 0.3) is 38.6 Å². The van der Waals surface area contributed by atoms with Crippen LogP contribution in [0.1, 0.15) is 140 Å².